The van der Waals surface area contributed by atoms with Crippen LogP contribution in [0.15, 0.2) is 12.7 Å². The van der Waals surface area contributed by atoms with Gasteiger partial charge in [-0.15, -0.1) is 0 Å². The SMILES string of the molecule is C=CC(=O)NCC1CCCCC1CO. The molecule has 0 spiro atoms. The highest BCUT2D eigenvalue weighted by atomic mass is 16.3. The minimum absolute atomic E-state index is 0.118. The molecule has 0 aromatic carbocycles. The van der Waals surface area contributed by atoms with Crippen molar-refractivity contribution in [2.24, 2.45) is 11.8 Å². The van der Waals surface area contributed by atoms with Gasteiger partial charge >= 0.3 is 0 Å². The third-order valence-electron chi connectivity index (χ3n) is 3.02. The van der Waals surface area contributed by atoms with Crippen LogP contribution < -0.4 is 5.32 Å². The van der Waals surface area contributed by atoms with Crippen molar-refractivity contribution in [1.29, 1.82) is 0 Å². The number of hydrogen-bond acceptors (Lipinski definition) is 2. The zero-order chi connectivity index (χ0) is 10.4. The Hall–Kier alpha value is -0.830. The van der Waals surface area contributed by atoms with Crippen molar-refractivity contribution >= 4 is 5.91 Å². The van der Waals surface area contributed by atoms with Gasteiger partial charge in [-0.1, -0.05) is 19.4 Å². The zero-order valence-corrected chi connectivity index (χ0v) is 8.54. The van der Waals surface area contributed by atoms with Gasteiger partial charge in [-0.05, 0) is 30.8 Å². The molecule has 3 nitrogen and oxygen atoms in total. The minimum Gasteiger partial charge on any atom is -0.396 e. The summed E-state index contributed by atoms with van der Waals surface area (Å²) in [5.74, 6) is 0.693. The van der Waals surface area contributed by atoms with Crippen molar-refractivity contribution in [3.63, 3.8) is 0 Å². The maximum atomic E-state index is 11.0. The van der Waals surface area contributed by atoms with Crippen molar-refractivity contribution in [2.75, 3.05) is 13.2 Å². The smallest absolute Gasteiger partial charge is 0.243 e. The van der Waals surface area contributed by atoms with Gasteiger partial charge in [0.15, 0.2) is 0 Å². The molecule has 1 rings (SSSR count). The largest absolute Gasteiger partial charge is 0.396 e. The van der Waals surface area contributed by atoms with Crippen LogP contribution in [0.3, 0.4) is 0 Å². The predicted octanol–water partition coefficient (Wildman–Crippen LogP) is 1.09. The monoisotopic (exact) mass is 197 g/mol. The summed E-state index contributed by atoms with van der Waals surface area (Å²) in [5, 5.41) is 11.9. The summed E-state index contributed by atoms with van der Waals surface area (Å²) in [5.41, 5.74) is 0. The van der Waals surface area contributed by atoms with Crippen LogP contribution in [0.2, 0.25) is 0 Å². The molecule has 1 saturated carbocycles. The molecule has 0 aromatic heterocycles. The van der Waals surface area contributed by atoms with Gasteiger partial charge in [-0.3, -0.25) is 4.79 Å². The molecule has 0 aromatic rings. The summed E-state index contributed by atoms with van der Waals surface area (Å²) in [4.78, 5) is 11.0. The summed E-state index contributed by atoms with van der Waals surface area (Å²) in [7, 11) is 0. The molecule has 0 saturated heterocycles. The van der Waals surface area contributed by atoms with Crippen LogP contribution in [0, 0.1) is 11.8 Å². The van der Waals surface area contributed by atoms with E-state index in [-0.39, 0.29) is 12.5 Å². The molecule has 0 aliphatic heterocycles. The molecule has 1 aliphatic carbocycles. The van der Waals surface area contributed by atoms with E-state index in [1.165, 1.54) is 18.9 Å². The lowest BCUT2D eigenvalue weighted by Gasteiger charge is -2.30. The summed E-state index contributed by atoms with van der Waals surface area (Å²) in [6.07, 6.45) is 5.91. The predicted molar refractivity (Wildman–Crippen MR) is 55.7 cm³/mol. The van der Waals surface area contributed by atoms with E-state index in [0.29, 0.717) is 18.4 Å². The highest BCUT2D eigenvalue weighted by Gasteiger charge is 2.24. The van der Waals surface area contributed by atoms with Gasteiger partial charge < -0.3 is 10.4 Å². The van der Waals surface area contributed by atoms with Gasteiger partial charge in [-0.25, -0.2) is 0 Å². The molecule has 0 bridgehead atoms. The van der Waals surface area contributed by atoms with Crippen molar-refractivity contribution in [3.8, 4) is 0 Å². The number of amides is 1. The second-order valence-electron chi connectivity index (χ2n) is 3.94. The van der Waals surface area contributed by atoms with Crippen LogP contribution >= 0.6 is 0 Å². The molecule has 2 N–H and O–H groups in total. The molecule has 0 heterocycles. The minimum atomic E-state index is -0.118. The van der Waals surface area contributed by atoms with Crippen LogP contribution in [-0.2, 0) is 4.79 Å². The van der Waals surface area contributed by atoms with Crippen LogP contribution in [0.4, 0.5) is 0 Å². The molecule has 2 unspecified atom stereocenters. The summed E-state index contributed by atoms with van der Waals surface area (Å²) >= 11 is 0. The number of aliphatic hydroxyl groups excluding tert-OH is 1. The van der Waals surface area contributed by atoms with Gasteiger partial charge in [0.25, 0.3) is 0 Å². The van der Waals surface area contributed by atoms with E-state index in [0.717, 1.165) is 12.8 Å². The third-order valence-corrected chi connectivity index (χ3v) is 3.02. The maximum Gasteiger partial charge on any atom is 0.243 e. The van der Waals surface area contributed by atoms with Crippen molar-refractivity contribution in [1.82, 2.24) is 5.32 Å². The average molecular weight is 197 g/mol. The van der Waals surface area contributed by atoms with E-state index in [9.17, 15) is 4.79 Å². The number of nitrogens with one attached hydrogen (secondary N) is 1. The molecule has 3 heteroatoms. The molecule has 1 amide bonds. The quantitative estimate of drug-likeness (QED) is 0.663. The van der Waals surface area contributed by atoms with E-state index >= 15 is 0 Å². The fraction of sp³-hybridized carbons (Fsp3) is 0.727. The Morgan fingerprint density at radius 2 is 2.07 bits per heavy atom. The molecule has 1 aliphatic rings. The number of aliphatic hydroxyl groups is 1. The van der Waals surface area contributed by atoms with E-state index in [2.05, 4.69) is 11.9 Å². The van der Waals surface area contributed by atoms with E-state index in [1.54, 1.807) is 0 Å². The Morgan fingerprint density at radius 1 is 1.43 bits per heavy atom. The zero-order valence-electron chi connectivity index (χ0n) is 8.54. The first-order valence-corrected chi connectivity index (χ1v) is 5.29. The Labute approximate surface area is 85.2 Å². The first-order valence-electron chi connectivity index (χ1n) is 5.29. The Bertz CT molecular complexity index is 203. The van der Waals surface area contributed by atoms with Crippen LogP contribution in [-0.4, -0.2) is 24.2 Å². The molecule has 2 atom stereocenters. The second kappa shape index (κ2) is 5.81. The van der Waals surface area contributed by atoms with Gasteiger partial charge in [0, 0.05) is 13.2 Å². The average Bonchev–Trinajstić information content (AvgIpc) is 2.26. The highest BCUT2D eigenvalue weighted by Crippen LogP contribution is 2.28. The molecule has 14 heavy (non-hydrogen) atoms. The number of carbonyl (C=O) groups is 1. The third kappa shape index (κ3) is 3.14. The normalized spacial score (nSPS) is 26.9. The first-order chi connectivity index (χ1) is 6.77. The van der Waals surface area contributed by atoms with Crippen molar-refractivity contribution in [3.05, 3.63) is 12.7 Å². The van der Waals surface area contributed by atoms with Gasteiger partial charge in [0.2, 0.25) is 5.91 Å². The van der Waals surface area contributed by atoms with E-state index in [1.807, 2.05) is 0 Å². The van der Waals surface area contributed by atoms with Crippen LogP contribution in [0.5, 0.6) is 0 Å². The van der Waals surface area contributed by atoms with Gasteiger partial charge in [-0.2, -0.15) is 0 Å². The van der Waals surface area contributed by atoms with Gasteiger partial charge in [0.1, 0.15) is 0 Å². The lowest BCUT2D eigenvalue weighted by molar-refractivity contribution is -0.116. The lowest BCUT2D eigenvalue weighted by atomic mass is 9.79. The second-order valence-corrected chi connectivity index (χ2v) is 3.94. The van der Waals surface area contributed by atoms with Crippen molar-refractivity contribution in [2.45, 2.75) is 25.7 Å². The van der Waals surface area contributed by atoms with E-state index < -0.39 is 0 Å². The Kier molecular flexibility index (Phi) is 4.66. The van der Waals surface area contributed by atoms with Gasteiger partial charge in [0.05, 0.1) is 0 Å². The number of hydrogen-bond donors (Lipinski definition) is 2. The maximum absolute atomic E-state index is 11.0. The Balaban J connectivity index is 2.33. The molecule has 80 valence electrons. The topological polar surface area (TPSA) is 49.3 Å². The first kappa shape index (κ1) is 11.2. The number of carbonyl (C=O) groups excluding carboxylic acids is 1. The van der Waals surface area contributed by atoms with E-state index in [4.69, 9.17) is 5.11 Å². The number of rotatable bonds is 4. The van der Waals surface area contributed by atoms with Crippen LogP contribution in [0.1, 0.15) is 25.7 Å². The Morgan fingerprint density at radius 3 is 2.64 bits per heavy atom. The van der Waals surface area contributed by atoms with Crippen LogP contribution in [0.25, 0.3) is 0 Å². The summed E-state index contributed by atoms with van der Waals surface area (Å²) < 4.78 is 0. The molecule has 0 radical (unpaired) electrons. The molecular weight excluding hydrogens is 178 g/mol. The highest BCUT2D eigenvalue weighted by molar-refractivity contribution is 5.86. The summed E-state index contributed by atoms with van der Waals surface area (Å²) in [6.45, 7) is 4.32. The fourth-order valence-electron chi connectivity index (χ4n) is 2.10. The lowest BCUT2D eigenvalue weighted by Crippen LogP contribution is -2.34. The molecular formula is C11H19NO2. The molecule has 1 fully saturated rings. The standard InChI is InChI=1S/C11H19NO2/c1-2-11(14)12-7-9-5-3-4-6-10(9)8-13/h2,9-10,13H,1,3-8H2,(H,12,14). The van der Waals surface area contributed by atoms with Crippen molar-refractivity contribution < 1.29 is 9.90 Å². The summed E-state index contributed by atoms with van der Waals surface area (Å²) in [6, 6.07) is 0. The fourth-order valence-corrected chi connectivity index (χ4v) is 2.10.